The van der Waals surface area contributed by atoms with E-state index in [1.165, 1.54) is 18.2 Å². The standard InChI is InChI=1S/C14H10F3IO2/c15-14(16,17)20-12-7-6-11(18)8-13(12)19-9-10-4-2-1-3-5-10/h1-8H,9H2. The van der Waals surface area contributed by atoms with Crippen LogP contribution in [-0.4, -0.2) is 6.36 Å². The van der Waals surface area contributed by atoms with E-state index in [1.807, 2.05) is 52.9 Å². The van der Waals surface area contributed by atoms with E-state index in [-0.39, 0.29) is 18.1 Å². The van der Waals surface area contributed by atoms with Crippen LogP contribution >= 0.6 is 22.6 Å². The summed E-state index contributed by atoms with van der Waals surface area (Å²) in [5.74, 6) is -0.271. The van der Waals surface area contributed by atoms with E-state index in [9.17, 15) is 13.2 Å². The Morgan fingerprint density at radius 1 is 0.950 bits per heavy atom. The van der Waals surface area contributed by atoms with Gasteiger partial charge in [0.25, 0.3) is 0 Å². The molecule has 0 N–H and O–H groups in total. The average Bonchev–Trinajstić information content (AvgIpc) is 2.39. The van der Waals surface area contributed by atoms with E-state index in [0.717, 1.165) is 9.13 Å². The highest BCUT2D eigenvalue weighted by Gasteiger charge is 2.32. The van der Waals surface area contributed by atoms with Crippen molar-refractivity contribution in [2.75, 3.05) is 0 Å². The van der Waals surface area contributed by atoms with Gasteiger partial charge in [-0.05, 0) is 46.4 Å². The molecular weight excluding hydrogens is 384 g/mol. The maximum Gasteiger partial charge on any atom is 0.573 e. The molecule has 0 bridgehead atoms. The SMILES string of the molecule is FC(F)(F)Oc1ccc(I)cc1OCc1ccccc1. The smallest absolute Gasteiger partial charge is 0.485 e. The van der Waals surface area contributed by atoms with Gasteiger partial charge in [-0.2, -0.15) is 0 Å². The molecule has 0 atom stereocenters. The number of benzene rings is 2. The van der Waals surface area contributed by atoms with Crippen LogP contribution in [0.2, 0.25) is 0 Å². The predicted octanol–water partition coefficient (Wildman–Crippen LogP) is 4.77. The summed E-state index contributed by atoms with van der Waals surface area (Å²) in [5, 5.41) is 0. The lowest BCUT2D eigenvalue weighted by Gasteiger charge is -2.14. The second kappa shape index (κ2) is 6.34. The topological polar surface area (TPSA) is 18.5 Å². The predicted molar refractivity (Wildman–Crippen MR) is 76.6 cm³/mol. The van der Waals surface area contributed by atoms with E-state index in [2.05, 4.69) is 4.74 Å². The first-order valence-electron chi connectivity index (χ1n) is 5.66. The molecular formula is C14H10F3IO2. The number of hydrogen-bond donors (Lipinski definition) is 0. The number of ether oxygens (including phenoxy) is 2. The zero-order chi connectivity index (χ0) is 14.6. The minimum Gasteiger partial charge on any atom is -0.485 e. The third kappa shape index (κ3) is 4.59. The molecule has 2 rings (SSSR count). The molecule has 0 aliphatic rings. The fraction of sp³-hybridized carbons (Fsp3) is 0.143. The first-order chi connectivity index (χ1) is 9.44. The Bertz CT molecular complexity index is 570. The van der Waals surface area contributed by atoms with Crippen LogP contribution in [0.4, 0.5) is 13.2 Å². The van der Waals surface area contributed by atoms with Crippen molar-refractivity contribution in [1.29, 1.82) is 0 Å². The van der Waals surface area contributed by atoms with Crippen LogP contribution in [0.25, 0.3) is 0 Å². The van der Waals surface area contributed by atoms with E-state index < -0.39 is 6.36 Å². The van der Waals surface area contributed by atoms with Gasteiger partial charge in [-0.15, -0.1) is 13.2 Å². The van der Waals surface area contributed by atoms with Crippen molar-refractivity contribution < 1.29 is 22.6 Å². The zero-order valence-electron chi connectivity index (χ0n) is 10.2. The monoisotopic (exact) mass is 394 g/mol. The second-order valence-electron chi connectivity index (χ2n) is 3.91. The molecule has 0 saturated carbocycles. The number of halogens is 4. The first kappa shape index (κ1) is 15.0. The van der Waals surface area contributed by atoms with E-state index >= 15 is 0 Å². The van der Waals surface area contributed by atoms with Crippen molar-refractivity contribution >= 4 is 22.6 Å². The summed E-state index contributed by atoms with van der Waals surface area (Å²) in [5.41, 5.74) is 0.865. The van der Waals surface area contributed by atoms with Gasteiger partial charge in [0.2, 0.25) is 0 Å². The van der Waals surface area contributed by atoms with Crippen LogP contribution in [-0.2, 0) is 6.61 Å². The average molecular weight is 394 g/mol. The summed E-state index contributed by atoms with van der Waals surface area (Å²) < 4.78 is 47.0. The lowest BCUT2D eigenvalue weighted by molar-refractivity contribution is -0.275. The first-order valence-corrected chi connectivity index (χ1v) is 6.74. The highest BCUT2D eigenvalue weighted by atomic mass is 127. The van der Waals surface area contributed by atoms with Crippen molar-refractivity contribution in [3.63, 3.8) is 0 Å². The van der Waals surface area contributed by atoms with Crippen LogP contribution in [0.1, 0.15) is 5.56 Å². The highest BCUT2D eigenvalue weighted by Crippen LogP contribution is 2.33. The molecule has 0 aliphatic heterocycles. The Morgan fingerprint density at radius 3 is 2.30 bits per heavy atom. The van der Waals surface area contributed by atoms with E-state index in [1.54, 1.807) is 0 Å². The summed E-state index contributed by atoms with van der Waals surface area (Å²) >= 11 is 2.00. The summed E-state index contributed by atoms with van der Waals surface area (Å²) in [6.45, 7) is 0.176. The van der Waals surface area contributed by atoms with Crippen LogP contribution < -0.4 is 9.47 Å². The van der Waals surface area contributed by atoms with Crippen molar-refractivity contribution in [2.24, 2.45) is 0 Å². The summed E-state index contributed by atoms with van der Waals surface area (Å²) in [6, 6.07) is 13.5. The van der Waals surface area contributed by atoms with Gasteiger partial charge in [0.15, 0.2) is 11.5 Å². The minimum absolute atomic E-state index is 0.0677. The third-order valence-electron chi connectivity index (χ3n) is 2.37. The summed E-state index contributed by atoms with van der Waals surface area (Å²) in [6.07, 6.45) is -4.74. The molecule has 2 aromatic rings. The molecule has 0 radical (unpaired) electrons. The Balaban J connectivity index is 2.15. The van der Waals surface area contributed by atoms with Gasteiger partial charge in [0.1, 0.15) is 6.61 Å². The largest absolute Gasteiger partial charge is 0.573 e. The van der Waals surface area contributed by atoms with Crippen LogP contribution in [0, 0.1) is 3.57 Å². The third-order valence-corrected chi connectivity index (χ3v) is 3.04. The van der Waals surface area contributed by atoms with Gasteiger partial charge in [0.05, 0.1) is 0 Å². The Labute approximate surface area is 127 Å². The molecule has 0 amide bonds. The van der Waals surface area contributed by atoms with Gasteiger partial charge < -0.3 is 9.47 Å². The fourth-order valence-electron chi connectivity index (χ4n) is 1.54. The normalized spacial score (nSPS) is 11.2. The highest BCUT2D eigenvalue weighted by molar-refractivity contribution is 14.1. The van der Waals surface area contributed by atoms with Gasteiger partial charge >= 0.3 is 6.36 Å². The number of rotatable bonds is 4. The molecule has 20 heavy (non-hydrogen) atoms. The lowest BCUT2D eigenvalue weighted by atomic mass is 10.2. The zero-order valence-corrected chi connectivity index (χ0v) is 12.3. The fourth-order valence-corrected chi connectivity index (χ4v) is 2.00. The van der Waals surface area contributed by atoms with Crippen LogP contribution in [0.15, 0.2) is 48.5 Å². The molecule has 0 unspecified atom stereocenters. The minimum atomic E-state index is -4.74. The van der Waals surface area contributed by atoms with Gasteiger partial charge in [-0.3, -0.25) is 0 Å². The summed E-state index contributed by atoms with van der Waals surface area (Å²) in [7, 11) is 0. The number of alkyl halides is 3. The van der Waals surface area contributed by atoms with Gasteiger partial charge in [-0.1, -0.05) is 30.3 Å². The Morgan fingerprint density at radius 2 is 1.65 bits per heavy atom. The van der Waals surface area contributed by atoms with Crippen LogP contribution in [0.5, 0.6) is 11.5 Å². The molecule has 0 spiro atoms. The molecule has 0 heterocycles. The van der Waals surface area contributed by atoms with Crippen molar-refractivity contribution in [1.82, 2.24) is 0 Å². The summed E-state index contributed by atoms with van der Waals surface area (Å²) in [4.78, 5) is 0. The Kier molecular flexibility index (Phi) is 4.74. The Hall–Kier alpha value is -1.44. The van der Waals surface area contributed by atoms with Crippen LogP contribution in [0.3, 0.4) is 0 Å². The van der Waals surface area contributed by atoms with Gasteiger partial charge in [-0.25, -0.2) is 0 Å². The lowest BCUT2D eigenvalue weighted by Crippen LogP contribution is -2.17. The molecule has 6 heteroatoms. The molecule has 0 saturated heterocycles. The molecule has 2 aromatic carbocycles. The molecule has 106 valence electrons. The van der Waals surface area contributed by atoms with Gasteiger partial charge in [0, 0.05) is 3.57 Å². The van der Waals surface area contributed by atoms with E-state index in [4.69, 9.17) is 4.74 Å². The maximum atomic E-state index is 12.3. The quantitative estimate of drug-likeness (QED) is 0.696. The molecule has 2 nitrogen and oxygen atoms in total. The second-order valence-corrected chi connectivity index (χ2v) is 5.16. The maximum absolute atomic E-state index is 12.3. The van der Waals surface area contributed by atoms with Crippen molar-refractivity contribution in [3.8, 4) is 11.5 Å². The van der Waals surface area contributed by atoms with Crippen molar-refractivity contribution in [3.05, 3.63) is 57.7 Å². The molecule has 0 fully saturated rings. The molecule has 0 aromatic heterocycles. The van der Waals surface area contributed by atoms with E-state index in [0.29, 0.717) is 0 Å². The molecule has 0 aliphatic carbocycles. The number of hydrogen-bond acceptors (Lipinski definition) is 2. The van der Waals surface area contributed by atoms with Crippen molar-refractivity contribution in [2.45, 2.75) is 13.0 Å².